The van der Waals surface area contributed by atoms with Crippen LogP contribution in [-0.2, 0) is 16.1 Å². The number of carbonyl (C=O) groups is 2. The predicted molar refractivity (Wildman–Crippen MR) is 84.9 cm³/mol. The minimum absolute atomic E-state index is 0.0824. The van der Waals surface area contributed by atoms with Gasteiger partial charge in [-0.05, 0) is 30.5 Å². The molecule has 0 radical (unpaired) electrons. The SMILES string of the molecule is O=C(NCc1ccc(F)cc1)[C@@H]1CC(=O)N(C2CCCCC2)C1. The molecule has 1 N–H and O–H groups in total. The Labute approximate surface area is 136 Å². The lowest BCUT2D eigenvalue weighted by Gasteiger charge is -2.31. The summed E-state index contributed by atoms with van der Waals surface area (Å²) in [6, 6.07) is 6.40. The molecule has 1 heterocycles. The van der Waals surface area contributed by atoms with Crippen LogP contribution in [0.2, 0.25) is 0 Å². The second kappa shape index (κ2) is 7.11. The van der Waals surface area contributed by atoms with Gasteiger partial charge in [0.2, 0.25) is 11.8 Å². The summed E-state index contributed by atoms with van der Waals surface area (Å²) >= 11 is 0. The molecule has 0 spiro atoms. The van der Waals surface area contributed by atoms with Crippen LogP contribution >= 0.6 is 0 Å². The molecule has 3 rings (SSSR count). The number of rotatable bonds is 4. The summed E-state index contributed by atoms with van der Waals surface area (Å²) in [5.74, 6) is -0.519. The minimum atomic E-state index is -0.287. The molecule has 2 aliphatic rings. The fraction of sp³-hybridized carbons (Fsp3) is 0.556. The van der Waals surface area contributed by atoms with Crippen molar-refractivity contribution in [1.29, 1.82) is 0 Å². The van der Waals surface area contributed by atoms with E-state index in [0.717, 1.165) is 18.4 Å². The van der Waals surface area contributed by atoms with Crippen LogP contribution in [0, 0.1) is 11.7 Å². The first-order valence-corrected chi connectivity index (χ1v) is 8.45. The van der Waals surface area contributed by atoms with Crippen LogP contribution in [0.4, 0.5) is 4.39 Å². The molecule has 5 heteroatoms. The fourth-order valence-electron chi connectivity index (χ4n) is 3.59. The lowest BCUT2D eigenvalue weighted by Crippen LogP contribution is -2.39. The zero-order valence-corrected chi connectivity index (χ0v) is 13.3. The molecule has 0 unspecified atom stereocenters. The molecule has 124 valence electrons. The molecule has 0 bridgehead atoms. The first-order valence-electron chi connectivity index (χ1n) is 8.45. The van der Waals surface area contributed by atoms with E-state index in [0.29, 0.717) is 25.6 Å². The highest BCUT2D eigenvalue weighted by molar-refractivity contribution is 5.89. The lowest BCUT2D eigenvalue weighted by atomic mass is 9.94. The summed E-state index contributed by atoms with van der Waals surface area (Å²) in [7, 11) is 0. The Balaban J connectivity index is 1.52. The van der Waals surface area contributed by atoms with Crippen molar-refractivity contribution in [3.63, 3.8) is 0 Å². The van der Waals surface area contributed by atoms with Crippen LogP contribution in [0.25, 0.3) is 0 Å². The van der Waals surface area contributed by atoms with E-state index in [1.54, 1.807) is 12.1 Å². The second-order valence-electron chi connectivity index (χ2n) is 6.58. The van der Waals surface area contributed by atoms with Crippen molar-refractivity contribution in [2.45, 2.75) is 51.1 Å². The molecule has 1 aliphatic heterocycles. The minimum Gasteiger partial charge on any atom is -0.352 e. The van der Waals surface area contributed by atoms with E-state index in [9.17, 15) is 14.0 Å². The maximum Gasteiger partial charge on any atom is 0.225 e. The normalized spacial score (nSPS) is 22.4. The summed E-state index contributed by atoms with van der Waals surface area (Å²) in [4.78, 5) is 26.4. The van der Waals surface area contributed by atoms with Crippen LogP contribution < -0.4 is 5.32 Å². The molecule has 2 amide bonds. The van der Waals surface area contributed by atoms with Crippen molar-refractivity contribution >= 4 is 11.8 Å². The Morgan fingerprint density at radius 1 is 1.17 bits per heavy atom. The lowest BCUT2D eigenvalue weighted by molar-refractivity contribution is -0.130. The maximum absolute atomic E-state index is 12.9. The molecule has 23 heavy (non-hydrogen) atoms. The summed E-state index contributed by atoms with van der Waals surface area (Å²) in [5, 5.41) is 2.86. The molecule has 1 saturated heterocycles. The van der Waals surface area contributed by atoms with Crippen molar-refractivity contribution < 1.29 is 14.0 Å². The van der Waals surface area contributed by atoms with E-state index < -0.39 is 0 Å². The Kier molecular flexibility index (Phi) is 4.94. The van der Waals surface area contributed by atoms with Crippen LogP contribution in [-0.4, -0.2) is 29.3 Å². The van der Waals surface area contributed by atoms with Gasteiger partial charge in [-0.2, -0.15) is 0 Å². The van der Waals surface area contributed by atoms with Gasteiger partial charge in [0.05, 0.1) is 5.92 Å². The standard InChI is InChI=1S/C18H23FN2O2/c19-15-8-6-13(7-9-15)11-20-18(23)14-10-17(22)21(12-14)16-4-2-1-3-5-16/h6-9,14,16H,1-5,10-12H2,(H,20,23)/t14-/m1/s1. The molecular weight excluding hydrogens is 295 g/mol. The van der Waals surface area contributed by atoms with E-state index in [1.165, 1.54) is 31.4 Å². The predicted octanol–water partition coefficient (Wildman–Crippen LogP) is 2.62. The van der Waals surface area contributed by atoms with Gasteiger partial charge in [0.1, 0.15) is 5.82 Å². The number of nitrogens with one attached hydrogen (secondary N) is 1. The van der Waals surface area contributed by atoms with Gasteiger partial charge in [-0.25, -0.2) is 4.39 Å². The second-order valence-corrected chi connectivity index (χ2v) is 6.58. The third kappa shape index (κ3) is 3.89. The van der Waals surface area contributed by atoms with Gasteiger partial charge in [0.25, 0.3) is 0 Å². The summed E-state index contributed by atoms with van der Waals surface area (Å²) in [6.45, 7) is 0.909. The molecule has 2 fully saturated rings. The number of amides is 2. The largest absolute Gasteiger partial charge is 0.352 e. The van der Waals surface area contributed by atoms with Crippen molar-refractivity contribution in [1.82, 2.24) is 10.2 Å². The van der Waals surface area contributed by atoms with Crippen molar-refractivity contribution in [3.8, 4) is 0 Å². The number of hydrogen-bond acceptors (Lipinski definition) is 2. The third-order valence-electron chi connectivity index (χ3n) is 4.92. The Bertz CT molecular complexity index is 567. The highest BCUT2D eigenvalue weighted by Gasteiger charge is 2.37. The van der Waals surface area contributed by atoms with Crippen LogP contribution in [0.1, 0.15) is 44.1 Å². The van der Waals surface area contributed by atoms with Crippen LogP contribution in [0.5, 0.6) is 0 Å². The van der Waals surface area contributed by atoms with Crippen molar-refractivity contribution in [2.24, 2.45) is 5.92 Å². The van der Waals surface area contributed by atoms with Crippen molar-refractivity contribution in [2.75, 3.05) is 6.54 Å². The smallest absolute Gasteiger partial charge is 0.225 e. The molecule has 1 saturated carbocycles. The van der Waals surface area contributed by atoms with Crippen LogP contribution in [0.15, 0.2) is 24.3 Å². The summed E-state index contributed by atoms with van der Waals surface area (Å²) in [6.07, 6.45) is 6.04. The monoisotopic (exact) mass is 318 g/mol. The number of benzene rings is 1. The third-order valence-corrected chi connectivity index (χ3v) is 4.92. The Hall–Kier alpha value is -1.91. The van der Waals surface area contributed by atoms with Gasteiger partial charge in [-0.1, -0.05) is 31.4 Å². The van der Waals surface area contributed by atoms with E-state index in [2.05, 4.69) is 5.32 Å². The van der Waals surface area contributed by atoms with Crippen LogP contribution in [0.3, 0.4) is 0 Å². The quantitative estimate of drug-likeness (QED) is 0.928. The van der Waals surface area contributed by atoms with E-state index in [-0.39, 0.29) is 23.5 Å². The first kappa shape index (κ1) is 16.0. The average Bonchev–Trinajstić information content (AvgIpc) is 2.97. The number of halogens is 1. The van der Waals surface area contributed by atoms with Gasteiger partial charge >= 0.3 is 0 Å². The molecule has 0 aromatic heterocycles. The first-order chi connectivity index (χ1) is 11.1. The summed E-state index contributed by atoms with van der Waals surface area (Å²) < 4.78 is 12.9. The topological polar surface area (TPSA) is 49.4 Å². The summed E-state index contributed by atoms with van der Waals surface area (Å²) in [5.41, 5.74) is 0.855. The maximum atomic E-state index is 12.9. The number of hydrogen-bond donors (Lipinski definition) is 1. The van der Waals surface area contributed by atoms with E-state index in [1.807, 2.05) is 4.90 Å². The van der Waals surface area contributed by atoms with E-state index >= 15 is 0 Å². The number of carbonyl (C=O) groups excluding carboxylic acids is 2. The molecular formula is C18H23FN2O2. The molecule has 1 atom stereocenters. The van der Waals surface area contributed by atoms with Gasteiger partial charge in [-0.15, -0.1) is 0 Å². The highest BCUT2D eigenvalue weighted by atomic mass is 19.1. The molecule has 4 nitrogen and oxygen atoms in total. The highest BCUT2D eigenvalue weighted by Crippen LogP contribution is 2.28. The van der Waals surface area contributed by atoms with Crippen molar-refractivity contribution in [3.05, 3.63) is 35.6 Å². The van der Waals surface area contributed by atoms with Gasteiger partial charge in [0.15, 0.2) is 0 Å². The van der Waals surface area contributed by atoms with Gasteiger partial charge in [0, 0.05) is 25.6 Å². The number of likely N-dealkylation sites (tertiary alicyclic amines) is 1. The van der Waals surface area contributed by atoms with E-state index in [4.69, 9.17) is 0 Å². The Morgan fingerprint density at radius 3 is 2.57 bits per heavy atom. The number of nitrogens with zero attached hydrogens (tertiary/aromatic N) is 1. The van der Waals surface area contributed by atoms with Gasteiger partial charge < -0.3 is 10.2 Å². The molecule has 1 aromatic carbocycles. The molecule has 1 aromatic rings. The van der Waals surface area contributed by atoms with Gasteiger partial charge in [-0.3, -0.25) is 9.59 Å². The zero-order chi connectivity index (χ0) is 16.2. The Morgan fingerprint density at radius 2 is 1.87 bits per heavy atom. The zero-order valence-electron chi connectivity index (χ0n) is 13.3. The molecule has 1 aliphatic carbocycles. The fourth-order valence-corrected chi connectivity index (χ4v) is 3.59. The average molecular weight is 318 g/mol.